The van der Waals surface area contributed by atoms with Crippen LogP contribution in [0.4, 0.5) is 11.4 Å². The average molecular weight is 353 g/mol. The number of nitrogens with one attached hydrogen (secondary N) is 2. The molecule has 26 heavy (non-hydrogen) atoms. The number of hydrogen-bond acceptors (Lipinski definition) is 6. The van der Waals surface area contributed by atoms with Gasteiger partial charge in [0, 0.05) is 12.2 Å². The number of para-hydroxylation sites is 2. The lowest BCUT2D eigenvalue weighted by molar-refractivity contribution is -0.123. The van der Waals surface area contributed by atoms with Gasteiger partial charge in [-0.2, -0.15) is 5.26 Å². The van der Waals surface area contributed by atoms with Gasteiger partial charge in [-0.1, -0.05) is 24.3 Å². The molecule has 0 aliphatic carbocycles. The van der Waals surface area contributed by atoms with E-state index in [4.69, 9.17) is 15.1 Å². The summed E-state index contributed by atoms with van der Waals surface area (Å²) in [7, 11) is 0. The third-order valence-electron chi connectivity index (χ3n) is 3.53. The number of hydrogen-bond donors (Lipinski definition) is 3. The van der Waals surface area contributed by atoms with Crippen LogP contribution in [0, 0.1) is 11.3 Å². The summed E-state index contributed by atoms with van der Waals surface area (Å²) in [5.74, 6) is -1.20. The minimum Gasteiger partial charge on any atom is -0.449 e. The molecule has 1 amide bonds. The van der Waals surface area contributed by atoms with Crippen LogP contribution in [-0.4, -0.2) is 36.2 Å². The molecule has 0 saturated heterocycles. The first kappa shape index (κ1) is 19.0. The first-order valence-electron chi connectivity index (χ1n) is 8.01. The summed E-state index contributed by atoms with van der Waals surface area (Å²) in [6.07, 6.45) is -1.06. The molecule has 0 spiro atoms. The van der Waals surface area contributed by atoms with Crippen LogP contribution >= 0.6 is 0 Å². The molecule has 2 aromatic carbocycles. The zero-order valence-corrected chi connectivity index (χ0v) is 14.2. The van der Waals surface area contributed by atoms with Crippen molar-refractivity contribution in [1.82, 2.24) is 0 Å². The van der Waals surface area contributed by atoms with Gasteiger partial charge in [0.2, 0.25) is 0 Å². The molecule has 0 aliphatic heterocycles. The Kier molecular flexibility index (Phi) is 6.71. The number of amides is 1. The van der Waals surface area contributed by atoms with E-state index < -0.39 is 18.0 Å². The van der Waals surface area contributed by atoms with Gasteiger partial charge in [0.05, 0.1) is 23.4 Å². The normalized spacial score (nSPS) is 11.1. The zero-order valence-electron chi connectivity index (χ0n) is 14.2. The number of aliphatic hydroxyl groups is 1. The SMILES string of the molecule is C[C@@H](OC(=O)c1ccccc1NCCO)C(=O)Nc1ccccc1C#N. The van der Waals surface area contributed by atoms with E-state index >= 15 is 0 Å². The van der Waals surface area contributed by atoms with Gasteiger partial charge in [0.25, 0.3) is 5.91 Å². The minimum absolute atomic E-state index is 0.0828. The van der Waals surface area contributed by atoms with Crippen molar-refractivity contribution in [2.45, 2.75) is 13.0 Å². The number of rotatable bonds is 7. The summed E-state index contributed by atoms with van der Waals surface area (Å²) < 4.78 is 5.23. The van der Waals surface area contributed by atoms with Crippen LogP contribution in [0.3, 0.4) is 0 Å². The van der Waals surface area contributed by atoms with Gasteiger partial charge in [-0.3, -0.25) is 4.79 Å². The average Bonchev–Trinajstić information content (AvgIpc) is 2.66. The first-order valence-corrected chi connectivity index (χ1v) is 8.01. The molecule has 7 heteroatoms. The highest BCUT2D eigenvalue weighted by atomic mass is 16.5. The summed E-state index contributed by atoms with van der Waals surface area (Å²) in [6, 6.07) is 15.2. The van der Waals surface area contributed by atoms with Crippen molar-refractivity contribution in [3.8, 4) is 6.07 Å². The van der Waals surface area contributed by atoms with Gasteiger partial charge >= 0.3 is 5.97 Å². The molecule has 2 aromatic rings. The number of ether oxygens (including phenoxy) is 1. The lowest BCUT2D eigenvalue weighted by Crippen LogP contribution is -2.30. The Balaban J connectivity index is 2.05. The minimum atomic E-state index is -1.06. The summed E-state index contributed by atoms with van der Waals surface area (Å²) in [5, 5.41) is 23.5. The van der Waals surface area contributed by atoms with Crippen molar-refractivity contribution in [3.63, 3.8) is 0 Å². The largest absolute Gasteiger partial charge is 0.449 e. The van der Waals surface area contributed by atoms with E-state index in [-0.39, 0.29) is 18.7 Å². The quantitative estimate of drug-likeness (QED) is 0.658. The number of esters is 1. The Labute approximate surface area is 151 Å². The summed E-state index contributed by atoms with van der Waals surface area (Å²) in [6.45, 7) is 1.65. The molecular weight excluding hydrogens is 334 g/mol. The number of carbonyl (C=O) groups is 2. The molecule has 0 bridgehead atoms. The Morgan fingerprint density at radius 1 is 1.15 bits per heavy atom. The highest BCUT2D eigenvalue weighted by Crippen LogP contribution is 2.18. The molecule has 0 aromatic heterocycles. The number of benzene rings is 2. The molecule has 2 rings (SSSR count). The molecule has 0 radical (unpaired) electrons. The topological polar surface area (TPSA) is 111 Å². The van der Waals surface area contributed by atoms with Crippen LogP contribution in [0.15, 0.2) is 48.5 Å². The van der Waals surface area contributed by atoms with E-state index in [1.165, 1.54) is 6.92 Å². The second-order valence-corrected chi connectivity index (χ2v) is 5.39. The van der Waals surface area contributed by atoms with Gasteiger partial charge < -0.3 is 20.5 Å². The van der Waals surface area contributed by atoms with Crippen molar-refractivity contribution < 1.29 is 19.4 Å². The maximum absolute atomic E-state index is 12.4. The van der Waals surface area contributed by atoms with Crippen LogP contribution in [0.2, 0.25) is 0 Å². The predicted octanol–water partition coefficient (Wildman–Crippen LogP) is 2.15. The van der Waals surface area contributed by atoms with E-state index in [1.54, 1.807) is 48.5 Å². The maximum atomic E-state index is 12.4. The second-order valence-electron chi connectivity index (χ2n) is 5.39. The Morgan fingerprint density at radius 2 is 1.81 bits per heavy atom. The third kappa shape index (κ3) is 4.82. The second kappa shape index (κ2) is 9.20. The highest BCUT2D eigenvalue weighted by Gasteiger charge is 2.21. The lowest BCUT2D eigenvalue weighted by atomic mass is 10.1. The number of nitriles is 1. The van der Waals surface area contributed by atoms with Crippen LogP contribution in [-0.2, 0) is 9.53 Å². The molecule has 7 nitrogen and oxygen atoms in total. The summed E-state index contributed by atoms with van der Waals surface area (Å²) >= 11 is 0. The number of carbonyl (C=O) groups excluding carboxylic acids is 2. The third-order valence-corrected chi connectivity index (χ3v) is 3.53. The Bertz CT molecular complexity index is 830. The van der Waals surface area contributed by atoms with E-state index in [1.807, 2.05) is 6.07 Å². The van der Waals surface area contributed by atoms with Crippen LogP contribution in [0.25, 0.3) is 0 Å². The molecule has 0 unspecified atom stereocenters. The molecule has 0 fully saturated rings. The van der Waals surface area contributed by atoms with Gasteiger partial charge in [-0.05, 0) is 31.2 Å². The Morgan fingerprint density at radius 3 is 2.50 bits per heavy atom. The van der Waals surface area contributed by atoms with Gasteiger partial charge in [0.1, 0.15) is 6.07 Å². The smallest absolute Gasteiger partial charge is 0.341 e. The fourth-order valence-corrected chi connectivity index (χ4v) is 2.21. The fraction of sp³-hybridized carbons (Fsp3) is 0.211. The molecule has 0 heterocycles. The molecule has 3 N–H and O–H groups in total. The number of anilines is 2. The lowest BCUT2D eigenvalue weighted by Gasteiger charge is -2.16. The standard InChI is InChI=1S/C19H19N3O4/c1-13(18(24)22-16-8-4-2-6-14(16)12-20)26-19(25)15-7-3-5-9-17(15)21-10-11-23/h2-9,13,21,23H,10-11H2,1H3,(H,22,24)/t13-/m1/s1. The molecule has 0 saturated carbocycles. The van der Waals surface area contributed by atoms with E-state index in [0.29, 0.717) is 16.9 Å². The van der Waals surface area contributed by atoms with E-state index in [0.717, 1.165) is 0 Å². The monoisotopic (exact) mass is 353 g/mol. The maximum Gasteiger partial charge on any atom is 0.341 e. The molecule has 134 valence electrons. The molecule has 0 aliphatic rings. The fourth-order valence-electron chi connectivity index (χ4n) is 2.21. The predicted molar refractivity (Wildman–Crippen MR) is 96.7 cm³/mol. The van der Waals surface area contributed by atoms with Gasteiger partial charge in [0.15, 0.2) is 6.10 Å². The van der Waals surface area contributed by atoms with Crippen molar-refractivity contribution >= 4 is 23.3 Å². The molecular formula is C19H19N3O4. The van der Waals surface area contributed by atoms with E-state index in [2.05, 4.69) is 10.6 Å². The Hall–Kier alpha value is -3.37. The number of nitrogens with zero attached hydrogens (tertiary/aromatic N) is 1. The highest BCUT2D eigenvalue weighted by molar-refractivity contribution is 6.00. The van der Waals surface area contributed by atoms with Crippen LogP contribution in [0.1, 0.15) is 22.8 Å². The molecule has 1 atom stereocenters. The van der Waals surface area contributed by atoms with Gasteiger partial charge in [-0.15, -0.1) is 0 Å². The summed E-state index contributed by atoms with van der Waals surface area (Å²) in [5.41, 5.74) is 1.44. The van der Waals surface area contributed by atoms with Crippen molar-refractivity contribution in [2.75, 3.05) is 23.8 Å². The van der Waals surface area contributed by atoms with Crippen molar-refractivity contribution in [2.24, 2.45) is 0 Å². The number of aliphatic hydroxyl groups excluding tert-OH is 1. The van der Waals surface area contributed by atoms with Crippen molar-refractivity contribution in [3.05, 3.63) is 59.7 Å². The van der Waals surface area contributed by atoms with Crippen LogP contribution in [0.5, 0.6) is 0 Å². The van der Waals surface area contributed by atoms with Crippen LogP contribution < -0.4 is 10.6 Å². The van der Waals surface area contributed by atoms with E-state index in [9.17, 15) is 9.59 Å². The van der Waals surface area contributed by atoms with Crippen molar-refractivity contribution in [1.29, 1.82) is 5.26 Å². The first-order chi connectivity index (χ1) is 12.6. The van der Waals surface area contributed by atoms with Gasteiger partial charge in [-0.25, -0.2) is 4.79 Å². The zero-order chi connectivity index (χ0) is 18.9. The summed E-state index contributed by atoms with van der Waals surface area (Å²) in [4.78, 5) is 24.6.